The number of rotatable bonds is 0. The molecule has 0 amide bonds. The number of hydrogen-bond donors (Lipinski definition) is 4. The molecule has 8 N–H and O–H groups in total. The first-order valence-electron chi connectivity index (χ1n) is 0.916. The van der Waals surface area contributed by atoms with Crippen molar-refractivity contribution in [2.24, 2.45) is 11.7 Å². The van der Waals surface area contributed by atoms with E-state index in [9.17, 15) is 0 Å². The molecule has 0 radical (unpaired) electrons. The van der Waals surface area contributed by atoms with Crippen LogP contribution in [0.4, 0.5) is 0 Å². The van der Waals surface area contributed by atoms with E-state index in [0.29, 0.717) is 0 Å². The van der Waals surface area contributed by atoms with E-state index in [-0.39, 0.29) is 5.48 Å². The predicted molar refractivity (Wildman–Crippen MR) is 24.0 cm³/mol. The van der Waals surface area contributed by atoms with Crippen molar-refractivity contribution < 1.29 is 19.8 Å². The Balaban J connectivity index is -0.0000000480. The summed E-state index contributed by atoms with van der Waals surface area (Å²) in [5.41, 5.74) is 0. The van der Waals surface area contributed by atoms with Crippen LogP contribution in [0.1, 0.15) is 0 Å². The molecule has 0 aliphatic carbocycles. The van der Waals surface area contributed by atoms with E-state index in [1.807, 2.05) is 0 Å². The molecule has 0 aliphatic rings. The lowest BCUT2D eigenvalue weighted by molar-refractivity contribution is 0.405. The van der Waals surface area contributed by atoms with Gasteiger partial charge in [-0.05, 0) is 0 Å². The molecule has 0 aromatic carbocycles. The van der Waals surface area contributed by atoms with Gasteiger partial charge in [0.1, 0.15) is 0 Å². The Morgan fingerprint density at radius 2 is 1.29 bits per heavy atom. The zero-order valence-electron chi connectivity index (χ0n) is 3.40. The fourth-order valence-corrected chi connectivity index (χ4v) is 0. The Morgan fingerprint density at radius 3 is 1.29 bits per heavy atom. The van der Waals surface area contributed by atoms with Crippen molar-refractivity contribution in [2.75, 3.05) is 0 Å². The van der Waals surface area contributed by atoms with Gasteiger partial charge in [0.25, 0.3) is 0 Å². The van der Waals surface area contributed by atoms with Crippen molar-refractivity contribution in [2.45, 2.75) is 0 Å². The fourth-order valence-electron chi connectivity index (χ4n) is 0. The quantitative estimate of drug-likeness (QED) is 0.165. The molecule has 0 spiro atoms. The van der Waals surface area contributed by atoms with Crippen molar-refractivity contribution in [1.29, 1.82) is 0 Å². The Labute approximate surface area is 41.0 Å². The summed E-state index contributed by atoms with van der Waals surface area (Å²) in [5.74, 6) is 8.00. The minimum Gasteiger partial charge on any atom is -0.412 e. The topological polar surface area (TPSA) is 141 Å². The number of hydrazine groups is 1. The summed E-state index contributed by atoms with van der Waals surface area (Å²) in [6.07, 6.45) is 0. The summed E-state index contributed by atoms with van der Waals surface area (Å²) in [5, 5.41) is 0. The highest BCUT2D eigenvalue weighted by atomic mass is 31.1. The van der Waals surface area contributed by atoms with Crippen LogP contribution >= 0.6 is 8.25 Å². The summed E-state index contributed by atoms with van der Waals surface area (Å²) >= 11 is 0. The molecule has 0 aromatic rings. The number of nitrogens with two attached hydrogens (primary N) is 2. The van der Waals surface area contributed by atoms with E-state index < -0.39 is 8.25 Å². The summed E-state index contributed by atoms with van der Waals surface area (Å²) in [4.78, 5) is 14.2. The van der Waals surface area contributed by atoms with Gasteiger partial charge in [-0.25, -0.2) is 0 Å². The van der Waals surface area contributed by atoms with Crippen molar-refractivity contribution in [1.82, 2.24) is 0 Å². The average Bonchev–Trinajstić information content (AvgIpc) is 1.41. The molecule has 6 nitrogen and oxygen atoms in total. The Bertz CT molecular complexity index is 32.7. The molecule has 0 aromatic heterocycles. The molecule has 7 heavy (non-hydrogen) atoms. The molecule has 0 rings (SSSR count). The van der Waals surface area contributed by atoms with E-state index in [1.54, 1.807) is 0 Å². The Hall–Kier alpha value is -0.100. The largest absolute Gasteiger partial charge is 0.692 e. The van der Waals surface area contributed by atoms with E-state index >= 15 is 0 Å². The normalized spacial score (nSPS) is 4.57. The third-order valence-electron chi connectivity index (χ3n) is 0. The zero-order chi connectivity index (χ0) is 5.58. The van der Waals surface area contributed by atoms with Crippen LogP contribution in [0.3, 0.4) is 0 Å². The zero-order valence-corrected chi connectivity index (χ0v) is 4.30. The van der Waals surface area contributed by atoms with Gasteiger partial charge in [-0.15, -0.1) is 9.79 Å². The average molecular weight is 131 g/mol. The molecule has 46 valence electrons. The van der Waals surface area contributed by atoms with Crippen molar-refractivity contribution >= 4 is 8.25 Å². The second-order valence-corrected chi connectivity index (χ2v) is 0.758. The molecule has 0 saturated carbocycles. The lowest BCUT2D eigenvalue weighted by Crippen LogP contribution is -2.02. The molecular weight excluding hydrogens is 123 g/mol. The maximum absolute atomic E-state index is 8.70. The van der Waals surface area contributed by atoms with Crippen molar-refractivity contribution in [3.63, 3.8) is 0 Å². The van der Waals surface area contributed by atoms with Crippen LogP contribution in [0.25, 0.3) is 0 Å². The monoisotopic (exact) mass is 131 g/mol. The van der Waals surface area contributed by atoms with Crippen LogP contribution in [0.5, 0.6) is 0 Å². The molecule has 0 unspecified atom stereocenters. The Morgan fingerprint density at radius 1 is 1.29 bits per heavy atom. The van der Waals surface area contributed by atoms with Gasteiger partial charge in [-0.3, -0.25) is 11.7 Å². The van der Waals surface area contributed by atoms with Crippen LogP contribution in [0, 0.1) is 0 Å². The van der Waals surface area contributed by atoms with Gasteiger partial charge in [0.05, 0.1) is 0 Å². The smallest absolute Gasteiger partial charge is 0.412 e. The molecule has 0 fully saturated rings. The van der Waals surface area contributed by atoms with Crippen LogP contribution < -0.4 is 11.7 Å². The first kappa shape index (κ1) is 15.8. The van der Waals surface area contributed by atoms with Gasteiger partial charge >= 0.3 is 8.25 Å². The van der Waals surface area contributed by atoms with Gasteiger partial charge in [-0.2, -0.15) is 0 Å². The SMILES string of the molecule is NN.O.O=[P+](O)O. The summed E-state index contributed by atoms with van der Waals surface area (Å²) in [7, 11) is -2.87. The third kappa shape index (κ3) is 8970. The van der Waals surface area contributed by atoms with E-state index in [0.717, 1.165) is 0 Å². The van der Waals surface area contributed by atoms with E-state index in [4.69, 9.17) is 14.4 Å². The first-order valence-corrected chi connectivity index (χ1v) is 2.08. The molecule has 0 atom stereocenters. The fraction of sp³-hybridized carbons (Fsp3) is 0. The standard InChI is InChI=1S/H4N2.HO3P.H2O/c1-2;1-4(2)3;/h1-2H2;(H-,1,2,3);1H2/p+1. The lowest BCUT2D eigenvalue weighted by atomic mass is 13.0. The maximum atomic E-state index is 8.70. The minimum atomic E-state index is -2.87. The highest BCUT2D eigenvalue weighted by molar-refractivity contribution is 7.30. The van der Waals surface area contributed by atoms with Crippen LogP contribution in [0.2, 0.25) is 0 Å². The molecule has 0 heterocycles. The minimum absolute atomic E-state index is 0. The van der Waals surface area contributed by atoms with E-state index in [1.165, 1.54) is 0 Å². The second-order valence-electron chi connectivity index (χ2n) is 0.253. The molecule has 0 saturated heterocycles. The Kier molecular flexibility index (Phi) is 38.0. The van der Waals surface area contributed by atoms with Crippen molar-refractivity contribution in [3.05, 3.63) is 0 Å². The van der Waals surface area contributed by atoms with Crippen LogP contribution in [-0.2, 0) is 4.57 Å². The summed E-state index contributed by atoms with van der Waals surface area (Å²) in [6.45, 7) is 0. The summed E-state index contributed by atoms with van der Waals surface area (Å²) in [6, 6.07) is 0. The summed E-state index contributed by atoms with van der Waals surface area (Å²) < 4.78 is 8.70. The third-order valence-corrected chi connectivity index (χ3v) is 0. The molecule has 7 heteroatoms. The highest BCUT2D eigenvalue weighted by Crippen LogP contribution is 1.98. The van der Waals surface area contributed by atoms with Gasteiger partial charge in [0.15, 0.2) is 0 Å². The van der Waals surface area contributed by atoms with Crippen LogP contribution in [-0.4, -0.2) is 15.3 Å². The van der Waals surface area contributed by atoms with Gasteiger partial charge < -0.3 is 5.48 Å². The van der Waals surface area contributed by atoms with Gasteiger partial charge in [-0.1, -0.05) is 0 Å². The van der Waals surface area contributed by atoms with Crippen molar-refractivity contribution in [3.8, 4) is 0 Å². The predicted octanol–water partition coefficient (Wildman–Crippen LogP) is -2.38. The molecule has 0 bridgehead atoms. The second kappa shape index (κ2) is 16.8. The van der Waals surface area contributed by atoms with E-state index in [2.05, 4.69) is 11.7 Å². The first-order chi connectivity index (χ1) is 2.73. The molecule has 0 aliphatic heterocycles. The highest BCUT2D eigenvalue weighted by Gasteiger charge is 1.93. The number of hydrogen-bond acceptors (Lipinski definition) is 3. The maximum Gasteiger partial charge on any atom is 0.692 e. The van der Waals surface area contributed by atoms with Crippen LogP contribution in [0.15, 0.2) is 0 Å². The van der Waals surface area contributed by atoms with Gasteiger partial charge in [0, 0.05) is 4.57 Å². The lowest BCUT2D eigenvalue weighted by Gasteiger charge is -1.34. The molecular formula is H8N2O4P+. The van der Waals surface area contributed by atoms with Gasteiger partial charge in [0.2, 0.25) is 0 Å².